The molecule has 0 unspecified atom stereocenters. The molecule has 1 aliphatic carbocycles. The second-order valence-corrected chi connectivity index (χ2v) is 12.7. The van der Waals surface area contributed by atoms with Crippen LogP contribution in [0.15, 0.2) is 120 Å². The Morgan fingerprint density at radius 1 is 0.594 bits per heavy atom. The molecule has 0 N–H and O–H groups in total. The third-order valence-corrected chi connectivity index (χ3v) is 12.0. The number of halogens is 1. The normalized spacial score (nSPS) is 16.0. The van der Waals surface area contributed by atoms with Gasteiger partial charge in [-0.2, -0.15) is 0 Å². The molecule has 0 aromatic heterocycles. The summed E-state index contributed by atoms with van der Waals surface area (Å²) in [5.74, 6) is 0. The summed E-state index contributed by atoms with van der Waals surface area (Å²) in [5.41, 5.74) is 5.39. The predicted molar refractivity (Wildman–Crippen MR) is 140 cm³/mol. The standard InChI is InChI=1S/C30H23ClSi/c31-23-20-18-22(19-21-23)26-15-9-17-29-30(26)27-14-7-8-16-28(27)32(29,24-10-3-1-4-11-24)25-12-5-2-6-13-25/h1-6,9-21H,7-8H2. The number of rotatable bonds is 3. The molecule has 0 amide bonds. The van der Waals surface area contributed by atoms with Gasteiger partial charge in [-0.1, -0.05) is 115 Å². The maximum atomic E-state index is 6.22. The first-order valence-electron chi connectivity index (χ1n) is 11.2. The second kappa shape index (κ2) is 7.77. The lowest BCUT2D eigenvalue weighted by Gasteiger charge is -2.32. The van der Waals surface area contributed by atoms with Crippen molar-refractivity contribution in [2.24, 2.45) is 0 Å². The zero-order valence-corrected chi connectivity index (χ0v) is 19.5. The summed E-state index contributed by atoms with van der Waals surface area (Å²) in [6.07, 6.45) is 7.22. The lowest BCUT2D eigenvalue weighted by atomic mass is 9.92. The van der Waals surface area contributed by atoms with Crippen molar-refractivity contribution in [3.8, 4) is 11.1 Å². The summed E-state index contributed by atoms with van der Waals surface area (Å²) >= 11 is 6.22. The van der Waals surface area contributed by atoms with Crippen LogP contribution < -0.4 is 15.6 Å². The molecule has 0 saturated heterocycles. The lowest BCUT2D eigenvalue weighted by Crippen LogP contribution is -2.66. The van der Waals surface area contributed by atoms with Crippen LogP contribution in [0.5, 0.6) is 0 Å². The summed E-state index contributed by atoms with van der Waals surface area (Å²) < 4.78 is 0. The van der Waals surface area contributed by atoms with E-state index in [1.807, 2.05) is 12.1 Å². The Hall–Kier alpha value is -3.13. The molecule has 32 heavy (non-hydrogen) atoms. The minimum absolute atomic E-state index is 0.774. The van der Waals surface area contributed by atoms with Crippen LogP contribution in [0.2, 0.25) is 5.02 Å². The van der Waals surface area contributed by atoms with E-state index in [2.05, 4.69) is 103 Å². The van der Waals surface area contributed by atoms with Crippen LogP contribution >= 0.6 is 11.6 Å². The summed E-state index contributed by atoms with van der Waals surface area (Å²) in [6, 6.07) is 37.6. The molecule has 1 aliphatic heterocycles. The summed E-state index contributed by atoms with van der Waals surface area (Å²) in [6.45, 7) is 0. The molecule has 0 nitrogen and oxygen atoms in total. The van der Waals surface area contributed by atoms with Crippen molar-refractivity contribution in [2.75, 3.05) is 0 Å². The van der Waals surface area contributed by atoms with Crippen molar-refractivity contribution in [1.82, 2.24) is 0 Å². The highest BCUT2D eigenvalue weighted by molar-refractivity contribution is 7.19. The van der Waals surface area contributed by atoms with E-state index >= 15 is 0 Å². The first-order chi connectivity index (χ1) is 15.8. The van der Waals surface area contributed by atoms with Gasteiger partial charge in [-0.3, -0.25) is 0 Å². The Kier molecular flexibility index (Phi) is 4.75. The highest BCUT2D eigenvalue weighted by Gasteiger charge is 2.51. The molecule has 2 aliphatic rings. The summed E-state index contributed by atoms with van der Waals surface area (Å²) in [5, 5.41) is 6.74. The first-order valence-corrected chi connectivity index (χ1v) is 13.6. The summed E-state index contributed by atoms with van der Waals surface area (Å²) in [7, 11) is -2.38. The number of fused-ring (bicyclic) bond motifs is 3. The van der Waals surface area contributed by atoms with Crippen molar-refractivity contribution >= 4 is 40.8 Å². The molecule has 4 aromatic rings. The van der Waals surface area contributed by atoms with Crippen molar-refractivity contribution in [3.63, 3.8) is 0 Å². The molecule has 6 rings (SSSR count). The van der Waals surface area contributed by atoms with Gasteiger partial charge in [0.1, 0.15) is 0 Å². The van der Waals surface area contributed by atoms with Crippen LogP contribution in [0.4, 0.5) is 0 Å². The molecule has 0 atom stereocenters. The topological polar surface area (TPSA) is 0 Å². The van der Waals surface area contributed by atoms with Crippen LogP contribution in [0.25, 0.3) is 16.7 Å². The van der Waals surface area contributed by atoms with Gasteiger partial charge in [-0.05, 0) is 68.0 Å². The molecule has 154 valence electrons. The third kappa shape index (κ3) is 2.82. The average molecular weight is 447 g/mol. The van der Waals surface area contributed by atoms with E-state index in [9.17, 15) is 0 Å². The maximum absolute atomic E-state index is 6.22. The smallest absolute Gasteiger partial charge is 0.0843 e. The van der Waals surface area contributed by atoms with Gasteiger partial charge >= 0.3 is 0 Å². The van der Waals surface area contributed by atoms with Gasteiger partial charge in [0.05, 0.1) is 0 Å². The average Bonchev–Trinajstić information content (AvgIpc) is 3.17. The third-order valence-electron chi connectivity index (χ3n) is 6.86. The minimum Gasteiger partial charge on any atom is -0.0843 e. The second-order valence-electron chi connectivity index (χ2n) is 8.53. The first kappa shape index (κ1) is 19.5. The van der Waals surface area contributed by atoms with Crippen molar-refractivity contribution in [3.05, 3.63) is 131 Å². The van der Waals surface area contributed by atoms with E-state index in [0.717, 1.165) is 17.9 Å². The van der Waals surface area contributed by atoms with E-state index in [-0.39, 0.29) is 0 Å². The quantitative estimate of drug-likeness (QED) is 0.332. The molecule has 0 fully saturated rings. The number of allylic oxidation sites excluding steroid dienone is 4. The minimum atomic E-state index is -2.38. The largest absolute Gasteiger partial charge is 0.180 e. The van der Waals surface area contributed by atoms with Gasteiger partial charge < -0.3 is 0 Å². The van der Waals surface area contributed by atoms with Gasteiger partial charge in [0.2, 0.25) is 0 Å². The molecule has 0 spiro atoms. The van der Waals surface area contributed by atoms with E-state index < -0.39 is 8.07 Å². The molecule has 0 bridgehead atoms. The van der Waals surface area contributed by atoms with Crippen molar-refractivity contribution in [2.45, 2.75) is 12.8 Å². The van der Waals surface area contributed by atoms with Crippen LogP contribution in [0.3, 0.4) is 0 Å². The molecular formula is C30H23ClSi. The lowest BCUT2D eigenvalue weighted by molar-refractivity contribution is 1.04. The fourth-order valence-corrected chi connectivity index (χ4v) is 11.1. The molecule has 1 heterocycles. The fourth-order valence-electron chi connectivity index (χ4n) is 5.60. The van der Waals surface area contributed by atoms with Crippen LogP contribution in [-0.4, -0.2) is 8.07 Å². The monoisotopic (exact) mass is 446 g/mol. The Morgan fingerprint density at radius 3 is 1.88 bits per heavy atom. The number of benzene rings is 4. The number of hydrogen-bond donors (Lipinski definition) is 0. The van der Waals surface area contributed by atoms with Crippen LogP contribution in [0.1, 0.15) is 18.4 Å². The van der Waals surface area contributed by atoms with Gasteiger partial charge in [0.25, 0.3) is 0 Å². The van der Waals surface area contributed by atoms with Gasteiger partial charge in [-0.15, -0.1) is 0 Å². The molecule has 0 saturated carbocycles. The molecular weight excluding hydrogens is 424 g/mol. The van der Waals surface area contributed by atoms with Gasteiger partial charge in [0.15, 0.2) is 8.07 Å². The fraction of sp³-hybridized carbons (Fsp3) is 0.0667. The zero-order chi connectivity index (χ0) is 21.5. The van der Waals surface area contributed by atoms with Crippen LogP contribution in [-0.2, 0) is 0 Å². The van der Waals surface area contributed by atoms with Crippen molar-refractivity contribution in [1.29, 1.82) is 0 Å². The SMILES string of the molecule is Clc1ccc(-c2cccc3c2C2=CCCC=C2[Si]3(c2ccccc2)c2ccccc2)cc1. The van der Waals surface area contributed by atoms with Crippen molar-refractivity contribution < 1.29 is 0 Å². The predicted octanol–water partition coefficient (Wildman–Crippen LogP) is 6.13. The van der Waals surface area contributed by atoms with Gasteiger partial charge in [-0.25, -0.2) is 0 Å². The highest BCUT2D eigenvalue weighted by Crippen LogP contribution is 2.44. The maximum Gasteiger partial charge on any atom is 0.180 e. The van der Waals surface area contributed by atoms with E-state index in [0.29, 0.717) is 0 Å². The van der Waals surface area contributed by atoms with Crippen LogP contribution in [0, 0.1) is 0 Å². The van der Waals surface area contributed by atoms with E-state index in [4.69, 9.17) is 11.6 Å². The zero-order valence-electron chi connectivity index (χ0n) is 17.8. The molecule has 2 heteroatoms. The van der Waals surface area contributed by atoms with E-state index in [1.165, 1.54) is 37.8 Å². The highest BCUT2D eigenvalue weighted by atomic mass is 35.5. The molecule has 0 radical (unpaired) electrons. The Balaban J connectivity index is 1.74. The summed E-state index contributed by atoms with van der Waals surface area (Å²) in [4.78, 5) is 0. The molecule has 4 aromatic carbocycles. The Bertz CT molecular complexity index is 1310. The number of hydrogen-bond acceptors (Lipinski definition) is 0. The Labute approximate surface area is 195 Å². The Morgan fingerprint density at radius 2 is 1.22 bits per heavy atom. The van der Waals surface area contributed by atoms with E-state index in [1.54, 1.807) is 5.20 Å². The van der Waals surface area contributed by atoms with Gasteiger partial charge in [0, 0.05) is 5.02 Å².